The molecule has 6 heteroatoms. The zero-order valence-electron chi connectivity index (χ0n) is 10.00. The van der Waals surface area contributed by atoms with E-state index in [4.69, 9.17) is 16.3 Å². The smallest absolute Gasteiger partial charge is 0.200 e. The number of benzene rings is 2. The van der Waals surface area contributed by atoms with E-state index in [1.54, 1.807) is 0 Å². The Bertz CT molecular complexity index is 644. The summed E-state index contributed by atoms with van der Waals surface area (Å²) in [6, 6.07) is 7.52. The fraction of sp³-hybridized carbons (Fsp3) is 0.0714. The second-order valence-corrected chi connectivity index (χ2v) is 5.18. The van der Waals surface area contributed by atoms with Crippen molar-refractivity contribution < 1.29 is 18.3 Å². The van der Waals surface area contributed by atoms with Crippen LogP contribution in [0.4, 0.5) is 8.78 Å². The first-order chi connectivity index (χ1) is 9.47. The van der Waals surface area contributed by atoms with E-state index in [0.29, 0.717) is 10.0 Å². The van der Waals surface area contributed by atoms with Crippen LogP contribution in [0.5, 0.6) is 5.75 Å². The third kappa shape index (κ3) is 3.55. The standard InChI is InChI=1S/C14H8BrClF2O2/c15-10-5-11(16)12(18)6-14(10)20-7-13(19)8-1-3-9(17)4-2-8/h1-6H,7H2. The van der Waals surface area contributed by atoms with Gasteiger partial charge in [0.1, 0.15) is 17.4 Å². The summed E-state index contributed by atoms with van der Waals surface area (Å²) in [5.74, 6) is -1.24. The minimum absolute atomic E-state index is 0.0471. The van der Waals surface area contributed by atoms with Gasteiger partial charge in [-0.2, -0.15) is 0 Å². The minimum atomic E-state index is -0.640. The molecule has 0 atom stereocenters. The van der Waals surface area contributed by atoms with Gasteiger partial charge in [0, 0.05) is 11.6 Å². The van der Waals surface area contributed by atoms with Crippen molar-refractivity contribution in [3.8, 4) is 5.75 Å². The van der Waals surface area contributed by atoms with E-state index >= 15 is 0 Å². The van der Waals surface area contributed by atoms with Crippen molar-refractivity contribution in [1.29, 1.82) is 0 Å². The SMILES string of the molecule is O=C(COc1cc(F)c(Cl)cc1Br)c1ccc(F)cc1. The molecule has 0 aromatic heterocycles. The average molecular weight is 362 g/mol. The summed E-state index contributed by atoms with van der Waals surface area (Å²) in [4.78, 5) is 11.8. The first-order valence-electron chi connectivity index (χ1n) is 5.53. The molecule has 20 heavy (non-hydrogen) atoms. The van der Waals surface area contributed by atoms with E-state index in [-0.39, 0.29) is 23.2 Å². The van der Waals surface area contributed by atoms with Gasteiger partial charge in [-0.3, -0.25) is 4.79 Å². The second-order valence-electron chi connectivity index (χ2n) is 3.92. The van der Waals surface area contributed by atoms with E-state index < -0.39 is 11.6 Å². The largest absolute Gasteiger partial charge is 0.484 e. The van der Waals surface area contributed by atoms with Gasteiger partial charge in [-0.1, -0.05) is 11.6 Å². The van der Waals surface area contributed by atoms with E-state index in [1.165, 1.54) is 30.3 Å². The molecule has 0 heterocycles. The summed E-state index contributed by atoms with van der Waals surface area (Å²) in [5, 5.41) is -0.0471. The van der Waals surface area contributed by atoms with Crippen LogP contribution in [0.15, 0.2) is 40.9 Å². The summed E-state index contributed by atoms with van der Waals surface area (Å²) in [5.41, 5.74) is 0.317. The molecule has 0 bridgehead atoms. The van der Waals surface area contributed by atoms with E-state index in [0.717, 1.165) is 6.07 Å². The Morgan fingerprint density at radius 2 is 1.85 bits per heavy atom. The minimum Gasteiger partial charge on any atom is -0.484 e. The number of ether oxygens (including phenoxy) is 1. The highest BCUT2D eigenvalue weighted by molar-refractivity contribution is 9.10. The molecule has 0 aliphatic rings. The zero-order chi connectivity index (χ0) is 14.7. The highest BCUT2D eigenvalue weighted by Crippen LogP contribution is 2.30. The Balaban J connectivity index is 2.07. The second kappa shape index (κ2) is 6.33. The van der Waals surface area contributed by atoms with Gasteiger partial charge in [-0.25, -0.2) is 8.78 Å². The molecule has 0 N–H and O–H groups in total. The Kier molecular flexibility index (Phi) is 4.73. The van der Waals surface area contributed by atoms with E-state index in [9.17, 15) is 13.6 Å². The van der Waals surface area contributed by atoms with Crippen LogP contribution >= 0.6 is 27.5 Å². The lowest BCUT2D eigenvalue weighted by atomic mass is 10.1. The molecule has 2 rings (SSSR count). The third-order valence-electron chi connectivity index (χ3n) is 2.50. The van der Waals surface area contributed by atoms with Crippen LogP contribution in [0.3, 0.4) is 0 Å². The van der Waals surface area contributed by atoms with E-state index in [1.807, 2.05) is 0 Å². The lowest BCUT2D eigenvalue weighted by Crippen LogP contribution is -2.12. The van der Waals surface area contributed by atoms with Gasteiger partial charge in [0.05, 0.1) is 9.50 Å². The van der Waals surface area contributed by atoms with Crippen molar-refractivity contribution in [2.24, 2.45) is 0 Å². The molecule has 0 fully saturated rings. The quantitative estimate of drug-likeness (QED) is 0.586. The number of halogens is 4. The average Bonchev–Trinajstić information content (AvgIpc) is 2.42. The highest BCUT2D eigenvalue weighted by Gasteiger charge is 2.11. The van der Waals surface area contributed by atoms with Crippen LogP contribution in [0.25, 0.3) is 0 Å². The van der Waals surface area contributed by atoms with Gasteiger partial charge in [-0.15, -0.1) is 0 Å². The van der Waals surface area contributed by atoms with Crippen LogP contribution < -0.4 is 4.74 Å². The molecule has 0 aliphatic carbocycles. The summed E-state index contributed by atoms with van der Waals surface area (Å²) in [6.45, 7) is -0.286. The Hall–Kier alpha value is -1.46. The third-order valence-corrected chi connectivity index (χ3v) is 3.41. The number of carbonyl (C=O) groups is 1. The number of hydrogen-bond acceptors (Lipinski definition) is 2. The van der Waals surface area contributed by atoms with Gasteiger partial charge < -0.3 is 4.74 Å². The van der Waals surface area contributed by atoms with Gasteiger partial charge in [0.25, 0.3) is 0 Å². The predicted octanol–water partition coefficient (Wildman–Crippen LogP) is 4.64. The Labute approximate surface area is 127 Å². The van der Waals surface area contributed by atoms with Crippen LogP contribution in [-0.2, 0) is 0 Å². The fourth-order valence-corrected chi connectivity index (χ4v) is 2.23. The van der Waals surface area contributed by atoms with Crippen molar-refractivity contribution in [2.75, 3.05) is 6.61 Å². The molecule has 0 amide bonds. The number of hydrogen-bond donors (Lipinski definition) is 0. The van der Waals surface area contributed by atoms with Crippen molar-refractivity contribution >= 4 is 33.3 Å². The van der Waals surface area contributed by atoms with E-state index in [2.05, 4.69) is 15.9 Å². The number of Topliss-reactive ketones (excluding diaryl/α,β-unsaturated/α-hetero) is 1. The van der Waals surface area contributed by atoms with Crippen LogP contribution in [0.2, 0.25) is 5.02 Å². The van der Waals surface area contributed by atoms with Gasteiger partial charge in [-0.05, 0) is 46.3 Å². The number of rotatable bonds is 4. The maximum absolute atomic E-state index is 13.3. The maximum Gasteiger partial charge on any atom is 0.200 e. The molecule has 0 spiro atoms. The normalized spacial score (nSPS) is 10.4. The molecule has 2 nitrogen and oxygen atoms in total. The summed E-state index contributed by atoms with van der Waals surface area (Å²) < 4.78 is 31.7. The predicted molar refractivity (Wildman–Crippen MR) is 75.3 cm³/mol. The monoisotopic (exact) mass is 360 g/mol. The van der Waals surface area contributed by atoms with Crippen LogP contribution in [-0.4, -0.2) is 12.4 Å². The summed E-state index contributed by atoms with van der Waals surface area (Å²) >= 11 is 8.76. The first-order valence-corrected chi connectivity index (χ1v) is 6.70. The molecule has 2 aromatic carbocycles. The lowest BCUT2D eigenvalue weighted by molar-refractivity contribution is 0.0920. The molecule has 0 saturated heterocycles. The van der Waals surface area contributed by atoms with Gasteiger partial charge in [0.15, 0.2) is 12.4 Å². The van der Waals surface area contributed by atoms with Crippen LogP contribution in [0.1, 0.15) is 10.4 Å². The van der Waals surface area contributed by atoms with Crippen LogP contribution in [0, 0.1) is 11.6 Å². The molecular weight excluding hydrogens is 354 g/mol. The summed E-state index contributed by atoms with van der Waals surface area (Å²) in [7, 11) is 0. The van der Waals surface area contributed by atoms with Crippen molar-refractivity contribution in [3.63, 3.8) is 0 Å². The first kappa shape index (κ1) is 14.9. The van der Waals surface area contributed by atoms with Crippen molar-refractivity contribution in [2.45, 2.75) is 0 Å². The molecule has 0 unspecified atom stereocenters. The van der Waals surface area contributed by atoms with Gasteiger partial charge in [0.2, 0.25) is 0 Å². The highest BCUT2D eigenvalue weighted by atomic mass is 79.9. The topological polar surface area (TPSA) is 26.3 Å². The number of ketones is 1. The Morgan fingerprint density at radius 3 is 2.50 bits per heavy atom. The molecule has 0 radical (unpaired) electrons. The molecule has 0 saturated carbocycles. The molecule has 104 valence electrons. The fourth-order valence-electron chi connectivity index (χ4n) is 1.48. The van der Waals surface area contributed by atoms with Crippen molar-refractivity contribution in [3.05, 3.63) is 63.1 Å². The molecular formula is C14H8BrClF2O2. The van der Waals surface area contributed by atoms with Crippen molar-refractivity contribution in [1.82, 2.24) is 0 Å². The maximum atomic E-state index is 13.3. The lowest BCUT2D eigenvalue weighted by Gasteiger charge is -2.08. The summed E-state index contributed by atoms with van der Waals surface area (Å²) in [6.07, 6.45) is 0. The van der Waals surface area contributed by atoms with Gasteiger partial charge >= 0.3 is 0 Å². The molecule has 0 aliphatic heterocycles. The zero-order valence-corrected chi connectivity index (χ0v) is 12.3. The molecule has 2 aromatic rings. The number of carbonyl (C=O) groups excluding carboxylic acids is 1. The Morgan fingerprint density at radius 1 is 1.20 bits per heavy atom.